The first kappa shape index (κ1) is 18.1. The van der Waals surface area contributed by atoms with Gasteiger partial charge in [-0.2, -0.15) is 4.31 Å². The lowest BCUT2D eigenvalue weighted by atomic mass is 10.2. The molecule has 0 unspecified atom stereocenters. The number of benzene rings is 1. The average Bonchev–Trinajstić information content (AvgIpc) is 2.48. The summed E-state index contributed by atoms with van der Waals surface area (Å²) < 4.78 is 27.5. The third-order valence-corrected chi connectivity index (χ3v) is 5.48. The molecule has 21 heavy (non-hydrogen) atoms. The van der Waals surface area contributed by atoms with E-state index in [0.29, 0.717) is 24.5 Å². The van der Waals surface area contributed by atoms with Crippen molar-refractivity contribution >= 4 is 10.0 Å². The maximum absolute atomic E-state index is 12.9. The minimum atomic E-state index is -3.41. The van der Waals surface area contributed by atoms with Crippen molar-refractivity contribution in [2.45, 2.75) is 51.0 Å². The molecule has 120 valence electrons. The first-order valence-corrected chi connectivity index (χ1v) is 9.24. The van der Waals surface area contributed by atoms with Crippen molar-refractivity contribution < 1.29 is 8.42 Å². The van der Waals surface area contributed by atoms with Gasteiger partial charge in [-0.05, 0) is 31.5 Å². The van der Waals surface area contributed by atoms with Gasteiger partial charge in [-0.1, -0.05) is 44.9 Å². The van der Waals surface area contributed by atoms with Crippen molar-refractivity contribution in [3.05, 3.63) is 29.8 Å². The fourth-order valence-electron chi connectivity index (χ4n) is 2.25. The van der Waals surface area contributed by atoms with Gasteiger partial charge in [0.05, 0.1) is 4.90 Å². The number of nitrogens with zero attached hydrogens (tertiary/aromatic N) is 1. The van der Waals surface area contributed by atoms with E-state index in [9.17, 15) is 8.42 Å². The van der Waals surface area contributed by atoms with Gasteiger partial charge in [0, 0.05) is 19.6 Å². The third kappa shape index (κ3) is 5.09. The Bertz CT molecular complexity index is 507. The molecule has 0 amide bonds. The Balaban J connectivity index is 3.09. The molecule has 4 nitrogen and oxygen atoms in total. The lowest BCUT2D eigenvalue weighted by molar-refractivity contribution is 0.395. The van der Waals surface area contributed by atoms with Gasteiger partial charge in [0.15, 0.2) is 0 Å². The molecular formula is C16H28N2O2S. The Morgan fingerprint density at radius 2 is 1.62 bits per heavy atom. The topological polar surface area (TPSA) is 49.4 Å². The van der Waals surface area contributed by atoms with Crippen molar-refractivity contribution in [3.8, 4) is 0 Å². The molecule has 0 heterocycles. The second kappa shape index (κ2) is 9.18. The zero-order chi connectivity index (χ0) is 15.7. The molecule has 1 rings (SSSR count). The summed E-state index contributed by atoms with van der Waals surface area (Å²) in [5.41, 5.74) is 0.831. The van der Waals surface area contributed by atoms with Crippen LogP contribution < -0.4 is 5.32 Å². The van der Waals surface area contributed by atoms with Gasteiger partial charge >= 0.3 is 0 Å². The first-order valence-electron chi connectivity index (χ1n) is 7.80. The van der Waals surface area contributed by atoms with Crippen LogP contribution in [0.4, 0.5) is 0 Å². The highest BCUT2D eigenvalue weighted by molar-refractivity contribution is 7.89. The van der Waals surface area contributed by atoms with Crippen LogP contribution in [-0.4, -0.2) is 32.9 Å². The maximum atomic E-state index is 12.9. The average molecular weight is 312 g/mol. The molecule has 0 aliphatic heterocycles. The van der Waals surface area contributed by atoms with Crippen LogP contribution >= 0.6 is 0 Å². The molecule has 0 spiro atoms. The van der Waals surface area contributed by atoms with Crippen LogP contribution in [0.15, 0.2) is 29.2 Å². The smallest absolute Gasteiger partial charge is 0.243 e. The van der Waals surface area contributed by atoms with Crippen molar-refractivity contribution in [1.29, 1.82) is 0 Å². The van der Waals surface area contributed by atoms with Crippen molar-refractivity contribution in [3.63, 3.8) is 0 Å². The van der Waals surface area contributed by atoms with Crippen LogP contribution in [0.5, 0.6) is 0 Å². The molecule has 0 aromatic heterocycles. The summed E-state index contributed by atoms with van der Waals surface area (Å²) in [4.78, 5) is 0.437. The van der Waals surface area contributed by atoms with E-state index in [1.165, 1.54) is 0 Å². The Kier molecular flexibility index (Phi) is 7.93. The van der Waals surface area contributed by atoms with Crippen molar-refractivity contribution in [1.82, 2.24) is 9.62 Å². The fourth-order valence-corrected chi connectivity index (χ4v) is 3.99. The summed E-state index contributed by atoms with van der Waals surface area (Å²) in [7, 11) is -1.58. The number of hydrogen-bond donors (Lipinski definition) is 1. The minimum Gasteiger partial charge on any atom is -0.316 e. The van der Waals surface area contributed by atoms with E-state index >= 15 is 0 Å². The molecule has 0 radical (unpaired) electrons. The van der Waals surface area contributed by atoms with Gasteiger partial charge in [0.25, 0.3) is 0 Å². The molecule has 0 saturated carbocycles. The van der Waals surface area contributed by atoms with Crippen LogP contribution in [0.25, 0.3) is 0 Å². The van der Waals surface area contributed by atoms with Gasteiger partial charge in [-0.3, -0.25) is 0 Å². The highest BCUT2D eigenvalue weighted by atomic mass is 32.2. The van der Waals surface area contributed by atoms with E-state index in [0.717, 1.165) is 31.2 Å². The van der Waals surface area contributed by atoms with E-state index in [1.54, 1.807) is 16.4 Å². The zero-order valence-electron chi connectivity index (χ0n) is 13.4. The molecule has 0 fully saturated rings. The van der Waals surface area contributed by atoms with Gasteiger partial charge < -0.3 is 5.32 Å². The zero-order valence-corrected chi connectivity index (χ0v) is 14.2. The summed E-state index contributed by atoms with van der Waals surface area (Å²) in [6.07, 6.45) is 3.79. The second-order valence-electron chi connectivity index (χ2n) is 5.25. The second-order valence-corrected chi connectivity index (χ2v) is 7.16. The van der Waals surface area contributed by atoms with Crippen LogP contribution in [0.2, 0.25) is 0 Å². The van der Waals surface area contributed by atoms with Crippen LogP contribution in [0, 0.1) is 0 Å². The molecule has 1 N–H and O–H groups in total. The first-order chi connectivity index (χ1) is 10.1. The summed E-state index contributed by atoms with van der Waals surface area (Å²) in [5, 5.41) is 3.04. The number of sulfonamides is 1. The Morgan fingerprint density at radius 3 is 2.14 bits per heavy atom. The summed E-state index contributed by atoms with van der Waals surface area (Å²) in [5.74, 6) is 0. The minimum absolute atomic E-state index is 0.437. The van der Waals surface area contributed by atoms with Crippen LogP contribution in [0.1, 0.15) is 45.1 Å². The lowest BCUT2D eigenvalue weighted by Crippen LogP contribution is -2.33. The monoisotopic (exact) mass is 312 g/mol. The molecule has 5 heteroatoms. The fraction of sp³-hybridized carbons (Fsp3) is 0.625. The van der Waals surface area contributed by atoms with Crippen LogP contribution in [0.3, 0.4) is 0 Å². The molecule has 0 aliphatic carbocycles. The van der Waals surface area contributed by atoms with E-state index in [4.69, 9.17) is 0 Å². The molecule has 0 bridgehead atoms. The van der Waals surface area contributed by atoms with Crippen molar-refractivity contribution in [2.24, 2.45) is 0 Å². The summed E-state index contributed by atoms with van der Waals surface area (Å²) in [6, 6.07) is 7.27. The molecular weight excluding hydrogens is 284 g/mol. The third-order valence-electron chi connectivity index (χ3n) is 3.48. The Morgan fingerprint density at radius 1 is 1.05 bits per heavy atom. The van der Waals surface area contributed by atoms with E-state index in [2.05, 4.69) is 19.2 Å². The number of unbranched alkanes of at least 4 members (excludes halogenated alkanes) is 2. The summed E-state index contributed by atoms with van der Waals surface area (Å²) in [6.45, 7) is 5.93. The van der Waals surface area contributed by atoms with Gasteiger partial charge in [-0.15, -0.1) is 0 Å². The standard InChI is InChI=1S/C16H28N2O2S/c1-4-6-12-18(13-7-5-2)21(19,20)16-11-9-8-10-15(16)14-17-3/h8-11,17H,4-7,12-14H2,1-3H3. The highest BCUT2D eigenvalue weighted by Gasteiger charge is 2.25. The number of hydrogen-bond acceptors (Lipinski definition) is 3. The van der Waals surface area contributed by atoms with Gasteiger partial charge in [0.2, 0.25) is 10.0 Å². The quantitative estimate of drug-likeness (QED) is 0.722. The Labute approximate surface area is 129 Å². The van der Waals surface area contributed by atoms with Crippen molar-refractivity contribution in [2.75, 3.05) is 20.1 Å². The highest BCUT2D eigenvalue weighted by Crippen LogP contribution is 2.21. The lowest BCUT2D eigenvalue weighted by Gasteiger charge is -2.23. The molecule has 0 saturated heterocycles. The van der Waals surface area contributed by atoms with E-state index < -0.39 is 10.0 Å². The largest absolute Gasteiger partial charge is 0.316 e. The Hall–Kier alpha value is -0.910. The molecule has 0 atom stereocenters. The van der Waals surface area contributed by atoms with E-state index in [1.807, 2.05) is 19.2 Å². The predicted octanol–water partition coefficient (Wildman–Crippen LogP) is 3.00. The predicted molar refractivity (Wildman–Crippen MR) is 87.8 cm³/mol. The molecule has 0 aliphatic rings. The SMILES string of the molecule is CCCCN(CCCC)S(=O)(=O)c1ccccc1CNC. The normalized spacial score (nSPS) is 12.0. The molecule has 1 aromatic rings. The summed E-state index contributed by atoms with van der Waals surface area (Å²) >= 11 is 0. The number of rotatable bonds is 10. The van der Waals surface area contributed by atoms with Gasteiger partial charge in [-0.25, -0.2) is 8.42 Å². The van der Waals surface area contributed by atoms with Crippen LogP contribution in [-0.2, 0) is 16.6 Å². The van der Waals surface area contributed by atoms with E-state index in [-0.39, 0.29) is 0 Å². The maximum Gasteiger partial charge on any atom is 0.243 e. The van der Waals surface area contributed by atoms with Gasteiger partial charge in [0.1, 0.15) is 0 Å². The number of nitrogens with one attached hydrogen (secondary N) is 1. The molecule has 1 aromatic carbocycles.